The molecule has 0 amide bonds. The fraction of sp³-hybridized carbons (Fsp3) is 0.846. The Kier molecular flexibility index (Phi) is 8.37. The van der Waals surface area contributed by atoms with Gasteiger partial charge < -0.3 is 9.57 Å². The van der Waals surface area contributed by atoms with Crippen LogP contribution in [0.5, 0.6) is 0 Å². The Hall–Kier alpha value is -1.10. The van der Waals surface area contributed by atoms with Gasteiger partial charge >= 0.3 is 11.9 Å². The quantitative estimate of drug-likeness (QED) is 0.411. The van der Waals surface area contributed by atoms with Gasteiger partial charge in [0.1, 0.15) is 5.60 Å². The van der Waals surface area contributed by atoms with Crippen molar-refractivity contribution in [2.75, 3.05) is 0 Å². The number of hydrogen-bond donors (Lipinski definition) is 1. The highest BCUT2D eigenvalue weighted by atomic mass is 16.7. The van der Waals surface area contributed by atoms with Crippen molar-refractivity contribution in [3.05, 3.63) is 0 Å². The van der Waals surface area contributed by atoms with Gasteiger partial charge in [-0.1, -0.05) is 19.3 Å². The fourth-order valence-corrected chi connectivity index (χ4v) is 1.52. The average molecular weight is 259 g/mol. The molecular weight excluding hydrogens is 234 g/mol. The van der Waals surface area contributed by atoms with Gasteiger partial charge in [-0.25, -0.2) is 0 Å². The van der Waals surface area contributed by atoms with Crippen molar-refractivity contribution in [3.63, 3.8) is 0 Å². The number of carbonyl (C=O) groups is 2. The summed E-state index contributed by atoms with van der Waals surface area (Å²) in [6.45, 7) is 5.59. The van der Waals surface area contributed by atoms with Crippen LogP contribution < -0.4 is 5.90 Å². The van der Waals surface area contributed by atoms with Gasteiger partial charge in [-0.2, -0.15) is 5.90 Å². The molecule has 0 heterocycles. The Morgan fingerprint density at radius 3 is 1.78 bits per heavy atom. The molecule has 5 heteroatoms. The Balaban J connectivity index is 3.35. The first kappa shape index (κ1) is 16.9. The summed E-state index contributed by atoms with van der Waals surface area (Å²) in [5, 5.41) is 0. The number of unbranched alkanes of at least 4 members (excludes halogenated alkanes) is 4. The van der Waals surface area contributed by atoms with Crippen molar-refractivity contribution in [1.29, 1.82) is 0 Å². The normalized spacial score (nSPS) is 11.1. The lowest BCUT2D eigenvalue weighted by molar-refractivity contribution is -0.155. The van der Waals surface area contributed by atoms with Crippen molar-refractivity contribution in [2.24, 2.45) is 5.90 Å². The summed E-state index contributed by atoms with van der Waals surface area (Å²) in [7, 11) is 0. The molecule has 0 aromatic rings. The van der Waals surface area contributed by atoms with Crippen molar-refractivity contribution >= 4 is 11.9 Å². The molecule has 18 heavy (non-hydrogen) atoms. The van der Waals surface area contributed by atoms with Gasteiger partial charge in [-0.15, -0.1) is 0 Å². The minimum absolute atomic E-state index is 0.144. The maximum absolute atomic E-state index is 11.4. The molecule has 0 aliphatic carbocycles. The van der Waals surface area contributed by atoms with Gasteiger partial charge in [0.05, 0.1) is 0 Å². The van der Waals surface area contributed by atoms with Crippen LogP contribution in [0.4, 0.5) is 0 Å². The first-order valence-electron chi connectivity index (χ1n) is 6.46. The van der Waals surface area contributed by atoms with E-state index in [1.54, 1.807) is 0 Å². The third-order valence-electron chi connectivity index (χ3n) is 2.31. The van der Waals surface area contributed by atoms with Crippen LogP contribution in [0.1, 0.15) is 65.7 Å². The molecule has 0 saturated heterocycles. The lowest BCUT2D eigenvalue weighted by Crippen LogP contribution is -2.23. The van der Waals surface area contributed by atoms with Crippen LogP contribution in [0.25, 0.3) is 0 Å². The lowest BCUT2D eigenvalue weighted by atomic mass is 10.1. The van der Waals surface area contributed by atoms with Crippen molar-refractivity contribution < 1.29 is 19.2 Å². The second-order valence-electron chi connectivity index (χ2n) is 5.34. The monoisotopic (exact) mass is 259 g/mol. The molecule has 0 atom stereocenters. The number of nitrogens with two attached hydrogens (primary N) is 1. The molecule has 2 N–H and O–H groups in total. The Bertz CT molecular complexity index is 258. The summed E-state index contributed by atoms with van der Waals surface area (Å²) in [6.07, 6.45) is 5.35. The molecule has 0 radical (unpaired) electrons. The second kappa shape index (κ2) is 8.91. The van der Waals surface area contributed by atoms with E-state index >= 15 is 0 Å². The largest absolute Gasteiger partial charge is 0.460 e. The van der Waals surface area contributed by atoms with Crippen LogP contribution in [-0.4, -0.2) is 17.5 Å². The molecule has 0 rings (SSSR count). The summed E-state index contributed by atoms with van der Waals surface area (Å²) >= 11 is 0. The van der Waals surface area contributed by atoms with Crippen LogP contribution in [0.2, 0.25) is 0 Å². The average Bonchev–Trinajstić information content (AvgIpc) is 2.25. The Morgan fingerprint density at radius 2 is 1.33 bits per heavy atom. The molecular formula is C13H25NO4. The molecule has 0 saturated carbocycles. The first-order valence-corrected chi connectivity index (χ1v) is 6.46. The Labute approximate surface area is 109 Å². The van der Waals surface area contributed by atoms with E-state index in [-0.39, 0.29) is 11.9 Å². The van der Waals surface area contributed by atoms with Crippen molar-refractivity contribution in [3.8, 4) is 0 Å². The zero-order chi connectivity index (χ0) is 14.0. The highest BCUT2D eigenvalue weighted by Gasteiger charge is 2.15. The Morgan fingerprint density at radius 1 is 0.889 bits per heavy atom. The smallest absolute Gasteiger partial charge is 0.324 e. The van der Waals surface area contributed by atoms with E-state index in [0.29, 0.717) is 12.8 Å². The van der Waals surface area contributed by atoms with Gasteiger partial charge in [0.2, 0.25) is 0 Å². The number of hydrogen-bond acceptors (Lipinski definition) is 5. The highest BCUT2D eigenvalue weighted by Crippen LogP contribution is 2.12. The van der Waals surface area contributed by atoms with Gasteiger partial charge in [-0.3, -0.25) is 9.59 Å². The highest BCUT2D eigenvalue weighted by molar-refractivity contribution is 5.69. The number of esters is 1. The molecule has 0 aromatic heterocycles. The molecule has 0 bridgehead atoms. The standard InChI is InChI=1S/C13H25NO4/c1-13(2,3)17-11(15)9-7-5-4-6-8-10-12(16)18-14/h4-10,14H2,1-3H3. The number of rotatable bonds is 8. The minimum atomic E-state index is -0.403. The predicted octanol–water partition coefficient (Wildman–Crippen LogP) is 2.48. The van der Waals surface area contributed by atoms with Crippen LogP contribution in [0, 0.1) is 0 Å². The SMILES string of the molecule is CC(C)(C)OC(=O)CCCCCCCC(=O)ON. The van der Waals surface area contributed by atoms with Crippen LogP contribution >= 0.6 is 0 Å². The number of carbonyl (C=O) groups excluding carboxylic acids is 2. The summed E-state index contributed by atoms with van der Waals surface area (Å²) in [5.41, 5.74) is -0.403. The maximum atomic E-state index is 11.4. The summed E-state index contributed by atoms with van der Waals surface area (Å²) in [4.78, 5) is 26.1. The molecule has 0 unspecified atom stereocenters. The maximum Gasteiger partial charge on any atom is 0.324 e. The summed E-state index contributed by atoms with van der Waals surface area (Å²) in [6, 6.07) is 0. The van der Waals surface area contributed by atoms with E-state index in [9.17, 15) is 9.59 Å². The van der Waals surface area contributed by atoms with E-state index in [2.05, 4.69) is 4.84 Å². The third-order valence-corrected chi connectivity index (χ3v) is 2.31. The van der Waals surface area contributed by atoms with E-state index in [0.717, 1.165) is 32.1 Å². The predicted molar refractivity (Wildman–Crippen MR) is 68.4 cm³/mol. The van der Waals surface area contributed by atoms with Crippen molar-refractivity contribution in [2.45, 2.75) is 71.3 Å². The molecule has 0 aromatic carbocycles. The second-order valence-corrected chi connectivity index (χ2v) is 5.34. The summed E-state index contributed by atoms with van der Waals surface area (Å²) < 4.78 is 5.20. The molecule has 0 fully saturated rings. The van der Waals surface area contributed by atoms with E-state index in [4.69, 9.17) is 10.6 Å². The van der Waals surface area contributed by atoms with Gasteiger partial charge in [0.15, 0.2) is 0 Å². The molecule has 5 nitrogen and oxygen atoms in total. The first-order chi connectivity index (χ1) is 8.35. The topological polar surface area (TPSA) is 78.6 Å². The van der Waals surface area contributed by atoms with Gasteiger partial charge in [0.25, 0.3) is 0 Å². The van der Waals surface area contributed by atoms with Crippen LogP contribution in [-0.2, 0) is 19.2 Å². The summed E-state index contributed by atoms with van der Waals surface area (Å²) in [5.74, 6) is 4.20. The van der Waals surface area contributed by atoms with Crippen LogP contribution in [0.15, 0.2) is 0 Å². The minimum Gasteiger partial charge on any atom is -0.460 e. The number of ether oxygens (including phenoxy) is 1. The van der Waals surface area contributed by atoms with Gasteiger partial charge in [0, 0.05) is 12.8 Å². The zero-order valence-corrected chi connectivity index (χ0v) is 11.7. The lowest BCUT2D eigenvalue weighted by Gasteiger charge is -2.19. The molecule has 0 aliphatic rings. The van der Waals surface area contributed by atoms with E-state index in [1.165, 1.54) is 0 Å². The van der Waals surface area contributed by atoms with Crippen molar-refractivity contribution in [1.82, 2.24) is 0 Å². The fourth-order valence-electron chi connectivity index (χ4n) is 1.52. The van der Waals surface area contributed by atoms with Crippen LogP contribution in [0.3, 0.4) is 0 Å². The molecule has 106 valence electrons. The third kappa shape index (κ3) is 11.4. The zero-order valence-electron chi connectivity index (χ0n) is 11.7. The van der Waals surface area contributed by atoms with E-state index in [1.807, 2.05) is 20.8 Å². The molecule has 0 spiro atoms. The van der Waals surface area contributed by atoms with E-state index < -0.39 is 5.60 Å². The molecule has 0 aliphatic heterocycles. The van der Waals surface area contributed by atoms with Gasteiger partial charge in [-0.05, 0) is 33.6 Å².